The molecule has 1 atom stereocenters. The third-order valence-electron chi connectivity index (χ3n) is 2.51. The molecular weight excluding hydrogens is 244 g/mol. The molecule has 0 aromatic heterocycles. The van der Waals surface area contributed by atoms with Crippen LogP contribution in [-0.4, -0.2) is 18.5 Å². The SMILES string of the molecule is CCCC(Cl)CNCC(F)(F)c1ccccc1. The molecule has 1 unspecified atom stereocenters. The summed E-state index contributed by atoms with van der Waals surface area (Å²) in [5.41, 5.74) is 0.0362. The average molecular weight is 262 g/mol. The van der Waals surface area contributed by atoms with Crippen LogP contribution in [0.1, 0.15) is 25.3 Å². The maximum Gasteiger partial charge on any atom is 0.285 e. The molecule has 1 aromatic rings. The van der Waals surface area contributed by atoms with Crippen LogP contribution < -0.4 is 5.32 Å². The molecule has 4 heteroatoms. The van der Waals surface area contributed by atoms with Crippen LogP contribution in [0.5, 0.6) is 0 Å². The first-order valence-electron chi connectivity index (χ1n) is 5.84. The summed E-state index contributed by atoms with van der Waals surface area (Å²) < 4.78 is 27.4. The second-order valence-electron chi connectivity index (χ2n) is 4.09. The fourth-order valence-corrected chi connectivity index (χ4v) is 1.91. The van der Waals surface area contributed by atoms with Gasteiger partial charge < -0.3 is 5.32 Å². The molecule has 0 aliphatic heterocycles. The highest BCUT2D eigenvalue weighted by Gasteiger charge is 2.30. The minimum absolute atomic E-state index is 0.0362. The van der Waals surface area contributed by atoms with Crippen molar-refractivity contribution in [2.75, 3.05) is 13.1 Å². The normalized spacial score (nSPS) is 13.6. The zero-order chi connectivity index (χ0) is 12.7. The molecule has 0 radical (unpaired) electrons. The van der Waals surface area contributed by atoms with Gasteiger partial charge in [-0.05, 0) is 6.42 Å². The van der Waals surface area contributed by atoms with Gasteiger partial charge >= 0.3 is 0 Å². The molecule has 0 spiro atoms. The summed E-state index contributed by atoms with van der Waals surface area (Å²) in [4.78, 5) is 0. The summed E-state index contributed by atoms with van der Waals surface area (Å²) in [6.45, 7) is 2.07. The van der Waals surface area contributed by atoms with Crippen molar-refractivity contribution in [2.24, 2.45) is 0 Å². The molecule has 96 valence electrons. The number of nitrogens with one attached hydrogen (secondary N) is 1. The van der Waals surface area contributed by atoms with Gasteiger partial charge in [-0.25, -0.2) is 0 Å². The van der Waals surface area contributed by atoms with Crippen LogP contribution in [0, 0.1) is 0 Å². The zero-order valence-electron chi connectivity index (χ0n) is 9.93. The summed E-state index contributed by atoms with van der Waals surface area (Å²) in [7, 11) is 0. The maximum atomic E-state index is 13.7. The lowest BCUT2D eigenvalue weighted by Gasteiger charge is -2.18. The van der Waals surface area contributed by atoms with Gasteiger partial charge in [0.25, 0.3) is 5.92 Å². The van der Waals surface area contributed by atoms with Crippen molar-refractivity contribution in [2.45, 2.75) is 31.1 Å². The van der Waals surface area contributed by atoms with E-state index in [4.69, 9.17) is 11.6 Å². The molecular formula is C13H18ClF2N. The standard InChI is InChI=1S/C13H18ClF2N/c1-2-6-12(14)9-17-10-13(15,16)11-7-4-3-5-8-11/h3-5,7-8,12,17H,2,6,9-10H2,1H3. The fourth-order valence-electron chi connectivity index (χ4n) is 1.59. The monoisotopic (exact) mass is 261 g/mol. The molecule has 1 N–H and O–H groups in total. The number of benzene rings is 1. The second-order valence-corrected chi connectivity index (χ2v) is 4.70. The Kier molecular flexibility index (Phi) is 5.86. The molecule has 0 fully saturated rings. The van der Waals surface area contributed by atoms with Crippen LogP contribution in [0.2, 0.25) is 0 Å². The third kappa shape index (κ3) is 5.00. The number of alkyl halides is 3. The van der Waals surface area contributed by atoms with Crippen LogP contribution in [0.3, 0.4) is 0 Å². The van der Waals surface area contributed by atoms with Crippen LogP contribution in [0.4, 0.5) is 8.78 Å². The van der Waals surface area contributed by atoms with E-state index in [-0.39, 0.29) is 17.5 Å². The lowest BCUT2D eigenvalue weighted by Crippen LogP contribution is -2.34. The fraction of sp³-hybridized carbons (Fsp3) is 0.538. The smallest absolute Gasteiger partial charge is 0.285 e. The minimum Gasteiger partial charge on any atom is -0.309 e. The van der Waals surface area contributed by atoms with E-state index in [2.05, 4.69) is 5.32 Å². The molecule has 1 nitrogen and oxygen atoms in total. The highest BCUT2D eigenvalue weighted by molar-refractivity contribution is 6.20. The maximum absolute atomic E-state index is 13.7. The van der Waals surface area contributed by atoms with E-state index in [0.717, 1.165) is 12.8 Å². The van der Waals surface area contributed by atoms with Crippen molar-refractivity contribution < 1.29 is 8.78 Å². The van der Waals surface area contributed by atoms with Gasteiger partial charge in [-0.15, -0.1) is 11.6 Å². The van der Waals surface area contributed by atoms with Crippen LogP contribution in [0.25, 0.3) is 0 Å². The largest absolute Gasteiger partial charge is 0.309 e. The van der Waals surface area contributed by atoms with E-state index in [1.165, 1.54) is 12.1 Å². The Morgan fingerprint density at radius 2 is 1.94 bits per heavy atom. The molecule has 1 aromatic carbocycles. The summed E-state index contributed by atoms with van der Waals surface area (Å²) in [6, 6.07) is 7.83. The van der Waals surface area contributed by atoms with Crippen molar-refractivity contribution in [1.29, 1.82) is 0 Å². The molecule has 0 aliphatic rings. The van der Waals surface area contributed by atoms with Crippen molar-refractivity contribution in [3.8, 4) is 0 Å². The Bertz CT molecular complexity index is 316. The Hall–Kier alpha value is -0.670. The quantitative estimate of drug-likeness (QED) is 0.737. The lowest BCUT2D eigenvalue weighted by molar-refractivity contribution is -0.00293. The molecule has 1 rings (SSSR count). The Morgan fingerprint density at radius 1 is 1.29 bits per heavy atom. The first kappa shape index (κ1) is 14.4. The van der Waals surface area contributed by atoms with Gasteiger partial charge in [0, 0.05) is 17.5 Å². The predicted octanol–water partition coefficient (Wildman–Crippen LogP) is 3.78. The first-order chi connectivity index (χ1) is 8.06. The summed E-state index contributed by atoms with van der Waals surface area (Å²) in [5, 5.41) is 2.65. The molecule has 0 heterocycles. The number of hydrogen-bond acceptors (Lipinski definition) is 1. The first-order valence-corrected chi connectivity index (χ1v) is 6.28. The molecule has 0 aliphatic carbocycles. The molecule has 0 amide bonds. The van der Waals surface area contributed by atoms with Gasteiger partial charge in [0.05, 0.1) is 6.54 Å². The summed E-state index contributed by atoms with van der Waals surface area (Å²) in [5.74, 6) is -2.84. The van der Waals surface area contributed by atoms with Crippen molar-refractivity contribution >= 4 is 11.6 Å². The number of halogens is 3. The van der Waals surface area contributed by atoms with E-state index in [1.54, 1.807) is 18.2 Å². The molecule has 0 saturated carbocycles. The highest BCUT2D eigenvalue weighted by Crippen LogP contribution is 2.26. The van der Waals surface area contributed by atoms with Gasteiger partial charge in [-0.2, -0.15) is 8.78 Å². The molecule has 17 heavy (non-hydrogen) atoms. The van der Waals surface area contributed by atoms with E-state index in [0.29, 0.717) is 6.54 Å². The Balaban J connectivity index is 2.40. The van der Waals surface area contributed by atoms with Gasteiger partial charge in [0.2, 0.25) is 0 Å². The van der Waals surface area contributed by atoms with Crippen molar-refractivity contribution in [1.82, 2.24) is 5.32 Å². The van der Waals surface area contributed by atoms with Crippen LogP contribution in [0.15, 0.2) is 30.3 Å². The summed E-state index contributed by atoms with van der Waals surface area (Å²) in [6.07, 6.45) is 1.80. The molecule has 0 saturated heterocycles. The number of hydrogen-bond donors (Lipinski definition) is 1. The Labute approximate surface area is 106 Å². The van der Waals surface area contributed by atoms with Gasteiger partial charge in [-0.3, -0.25) is 0 Å². The second kappa shape index (κ2) is 6.92. The molecule has 0 bridgehead atoms. The van der Waals surface area contributed by atoms with Gasteiger partial charge in [0.15, 0.2) is 0 Å². The van der Waals surface area contributed by atoms with Crippen LogP contribution in [-0.2, 0) is 5.92 Å². The van der Waals surface area contributed by atoms with E-state index < -0.39 is 5.92 Å². The van der Waals surface area contributed by atoms with Crippen molar-refractivity contribution in [3.63, 3.8) is 0 Å². The zero-order valence-corrected chi connectivity index (χ0v) is 10.7. The van der Waals surface area contributed by atoms with E-state index >= 15 is 0 Å². The number of rotatable bonds is 7. The topological polar surface area (TPSA) is 12.0 Å². The van der Waals surface area contributed by atoms with E-state index in [9.17, 15) is 8.78 Å². The van der Waals surface area contributed by atoms with Gasteiger partial charge in [-0.1, -0.05) is 43.7 Å². The van der Waals surface area contributed by atoms with Gasteiger partial charge in [0.1, 0.15) is 0 Å². The Morgan fingerprint density at radius 3 is 2.53 bits per heavy atom. The van der Waals surface area contributed by atoms with Crippen LogP contribution >= 0.6 is 11.6 Å². The highest BCUT2D eigenvalue weighted by atomic mass is 35.5. The van der Waals surface area contributed by atoms with E-state index in [1.807, 2.05) is 6.92 Å². The average Bonchev–Trinajstić information content (AvgIpc) is 2.30. The van der Waals surface area contributed by atoms with Crippen molar-refractivity contribution in [3.05, 3.63) is 35.9 Å². The lowest BCUT2D eigenvalue weighted by atomic mass is 10.1. The third-order valence-corrected chi connectivity index (χ3v) is 2.88. The summed E-state index contributed by atoms with van der Waals surface area (Å²) >= 11 is 5.95. The minimum atomic E-state index is -2.84. The predicted molar refractivity (Wildman–Crippen MR) is 67.8 cm³/mol.